The zero-order valence-electron chi connectivity index (χ0n) is 14.3. The van der Waals surface area contributed by atoms with Crippen molar-refractivity contribution in [1.82, 2.24) is 10.3 Å². The highest BCUT2D eigenvalue weighted by atomic mass is 32.2. The number of carbonyl (C=O) groups is 1. The van der Waals surface area contributed by atoms with Gasteiger partial charge in [-0.15, -0.1) is 11.8 Å². The first kappa shape index (κ1) is 18.0. The van der Waals surface area contributed by atoms with E-state index in [9.17, 15) is 4.79 Å². The molecule has 4 nitrogen and oxygen atoms in total. The Hall–Kier alpha value is -2.79. The summed E-state index contributed by atoms with van der Waals surface area (Å²) in [5.74, 6) is 1.53. The maximum atomic E-state index is 12.2. The molecule has 0 aliphatic carbocycles. The van der Waals surface area contributed by atoms with E-state index in [2.05, 4.69) is 22.4 Å². The van der Waals surface area contributed by atoms with E-state index in [0.717, 1.165) is 17.1 Å². The highest BCUT2D eigenvalue weighted by Crippen LogP contribution is 2.18. The molecule has 5 heteroatoms. The van der Waals surface area contributed by atoms with E-state index in [1.165, 1.54) is 4.90 Å². The van der Waals surface area contributed by atoms with Gasteiger partial charge in [-0.1, -0.05) is 24.3 Å². The van der Waals surface area contributed by atoms with Crippen LogP contribution in [0.25, 0.3) is 0 Å². The summed E-state index contributed by atoms with van der Waals surface area (Å²) in [4.78, 5) is 17.4. The number of hydrogen-bond donors (Lipinski definition) is 1. The molecule has 0 bridgehead atoms. The van der Waals surface area contributed by atoms with Crippen LogP contribution in [0.1, 0.15) is 15.9 Å². The normalized spacial score (nSPS) is 10.3. The third-order valence-electron chi connectivity index (χ3n) is 3.66. The quantitative estimate of drug-likeness (QED) is 0.481. The molecule has 3 aromatic rings. The van der Waals surface area contributed by atoms with Gasteiger partial charge < -0.3 is 10.1 Å². The monoisotopic (exact) mass is 364 g/mol. The van der Waals surface area contributed by atoms with E-state index in [1.807, 2.05) is 42.5 Å². The van der Waals surface area contributed by atoms with Gasteiger partial charge in [0.15, 0.2) is 0 Å². The smallest absolute Gasteiger partial charge is 0.251 e. The summed E-state index contributed by atoms with van der Waals surface area (Å²) in [6.45, 7) is 1.08. The molecule has 0 saturated carbocycles. The van der Waals surface area contributed by atoms with Crippen molar-refractivity contribution in [1.29, 1.82) is 0 Å². The summed E-state index contributed by atoms with van der Waals surface area (Å²) in [6, 6.07) is 21.2. The molecule has 0 radical (unpaired) electrons. The lowest BCUT2D eigenvalue weighted by Gasteiger charge is -2.08. The number of amides is 1. The van der Waals surface area contributed by atoms with Crippen LogP contribution in [0.15, 0.2) is 84.0 Å². The first-order valence-corrected chi connectivity index (χ1v) is 9.37. The van der Waals surface area contributed by atoms with Crippen LogP contribution < -0.4 is 10.1 Å². The Morgan fingerprint density at radius 1 is 1.00 bits per heavy atom. The van der Waals surface area contributed by atoms with Crippen LogP contribution in [0.2, 0.25) is 0 Å². The van der Waals surface area contributed by atoms with Crippen LogP contribution in [0, 0.1) is 0 Å². The number of benzene rings is 2. The number of aromatic nitrogens is 1. The minimum Gasteiger partial charge on any atom is -0.493 e. The van der Waals surface area contributed by atoms with E-state index in [4.69, 9.17) is 4.74 Å². The first-order valence-electron chi connectivity index (χ1n) is 8.39. The molecule has 0 aliphatic heterocycles. The Morgan fingerprint density at radius 2 is 1.81 bits per heavy atom. The van der Waals surface area contributed by atoms with E-state index in [1.54, 1.807) is 36.3 Å². The van der Waals surface area contributed by atoms with Crippen LogP contribution in [0.5, 0.6) is 5.75 Å². The van der Waals surface area contributed by atoms with Crippen LogP contribution in [0.4, 0.5) is 0 Å². The van der Waals surface area contributed by atoms with Crippen molar-refractivity contribution in [2.45, 2.75) is 11.4 Å². The Balaban J connectivity index is 1.42. The molecule has 0 fully saturated rings. The zero-order valence-corrected chi connectivity index (χ0v) is 15.1. The molecule has 3 rings (SSSR count). The molecule has 1 amide bonds. The van der Waals surface area contributed by atoms with Gasteiger partial charge in [-0.05, 0) is 48.0 Å². The first-order chi connectivity index (χ1) is 12.8. The summed E-state index contributed by atoms with van der Waals surface area (Å²) < 4.78 is 5.73. The topological polar surface area (TPSA) is 51.2 Å². The molecular weight excluding hydrogens is 344 g/mol. The average molecular weight is 364 g/mol. The summed E-state index contributed by atoms with van der Waals surface area (Å²) in [5, 5.41) is 2.88. The van der Waals surface area contributed by atoms with Gasteiger partial charge in [0.2, 0.25) is 0 Å². The van der Waals surface area contributed by atoms with Crippen molar-refractivity contribution >= 4 is 17.7 Å². The van der Waals surface area contributed by atoms with Crippen molar-refractivity contribution in [2.75, 3.05) is 12.4 Å². The van der Waals surface area contributed by atoms with E-state index >= 15 is 0 Å². The molecule has 2 aromatic carbocycles. The van der Waals surface area contributed by atoms with Crippen LogP contribution >= 0.6 is 11.8 Å². The van der Waals surface area contributed by atoms with E-state index in [-0.39, 0.29) is 5.91 Å². The molecule has 132 valence electrons. The Bertz CT molecular complexity index is 808. The SMILES string of the molecule is O=C(NCc1cccnc1)c1ccc(OCCSc2ccccc2)cc1. The number of nitrogens with zero attached hydrogens (tertiary/aromatic N) is 1. The van der Waals surface area contributed by atoms with Crippen LogP contribution in [0.3, 0.4) is 0 Å². The fourth-order valence-electron chi connectivity index (χ4n) is 2.33. The molecule has 1 heterocycles. The molecule has 1 N–H and O–H groups in total. The third-order valence-corrected chi connectivity index (χ3v) is 4.63. The van der Waals surface area contributed by atoms with Crippen molar-refractivity contribution in [2.24, 2.45) is 0 Å². The summed E-state index contributed by atoms with van der Waals surface area (Å²) in [5.41, 5.74) is 1.58. The predicted molar refractivity (Wildman–Crippen MR) is 105 cm³/mol. The highest BCUT2D eigenvalue weighted by Gasteiger charge is 2.05. The number of nitrogens with one attached hydrogen (secondary N) is 1. The van der Waals surface area contributed by atoms with Gasteiger partial charge >= 0.3 is 0 Å². The standard InChI is InChI=1S/C21H20N2O2S/c24-21(23-16-17-5-4-12-22-15-17)18-8-10-19(11-9-18)25-13-14-26-20-6-2-1-3-7-20/h1-12,15H,13-14,16H2,(H,23,24). The number of hydrogen-bond acceptors (Lipinski definition) is 4. The molecular formula is C21H20N2O2S. The number of carbonyl (C=O) groups excluding carboxylic acids is 1. The number of pyridine rings is 1. The summed E-state index contributed by atoms with van der Waals surface area (Å²) in [6.07, 6.45) is 3.45. The van der Waals surface area contributed by atoms with Gasteiger partial charge in [0.1, 0.15) is 5.75 Å². The maximum absolute atomic E-state index is 12.2. The lowest BCUT2D eigenvalue weighted by atomic mass is 10.2. The fraction of sp³-hybridized carbons (Fsp3) is 0.143. The maximum Gasteiger partial charge on any atom is 0.251 e. The second-order valence-corrected chi connectivity index (χ2v) is 6.75. The third kappa shape index (κ3) is 5.63. The zero-order chi connectivity index (χ0) is 18.0. The van der Waals surface area contributed by atoms with Gasteiger partial charge in [0, 0.05) is 35.2 Å². The van der Waals surface area contributed by atoms with E-state index in [0.29, 0.717) is 18.7 Å². The lowest BCUT2D eigenvalue weighted by molar-refractivity contribution is 0.0951. The second-order valence-electron chi connectivity index (χ2n) is 5.58. The van der Waals surface area contributed by atoms with Crippen molar-refractivity contribution in [3.8, 4) is 5.75 Å². The van der Waals surface area contributed by atoms with Gasteiger partial charge in [0.25, 0.3) is 5.91 Å². The fourth-order valence-corrected chi connectivity index (χ4v) is 3.08. The van der Waals surface area contributed by atoms with Crippen molar-refractivity contribution in [3.63, 3.8) is 0 Å². The molecule has 0 spiro atoms. The molecule has 0 aliphatic rings. The average Bonchev–Trinajstić information content (AvgIpc) is 2.71. The summed E-state index contributed by atoms with van der Waals surface area (Å²) >= 11 is 1.76. The Labute approximate surface area is 157 Å². The summed E-state index contributed by atoms with van der Waals surface area (Å²) in [7, 11) is 0. The number of ether oxygens (including phenoxy) is 1. The van der Waals surface area contributed by atoms with Gasteiger partial charge in [0.05, 0.1) is 6.61 Å². The minimum absolute atomic E-state index is 0.111. The molecule has 0 atom stereocenters. The molecule has 0 unspecified atom stereocenters. The Kier molecular flexibility index (Phi) is 6.67. The molecule has 0 saturated heterocycles. The van der Waals surface area contributed by atoms with Gasteiger partial charge in [-0.2, -0.15) is 0 Å². The van der Waals surface area contributed by atoms with Crippen LogP contribution in [-0.4, -0.2) is 23.3 Å². The largest absolute Gasteiger partial charge is 0.493 e. The van der Waals surface area contributed by atoms with Crippen LogP contribution in [-0.2, 0) is 6.54 Å². The van der Waals surface area contributed by atoms with Gasteiger partial charge in [-0.25, -0.2) is 0 Å². The number of thioether (sulfide) groups is 1. The lowest BCUT2D eigenvalue weighted by Crippen LogP contribution is -2.22. The number of rotatable bonds is 8. The molecule has 1 aromatic heterocycles. The predicted octanol–water partition coefficient (Wildman–Crippen LogP) is 4.18. The minimum atomic E-state index is -0.111. The Morgan fingerprint density at radius 3 is 2.54 bits per heavy atom. The molecule has 26 heavy (non-hydrogen) atoms. The van der Waals surface area contributed by atoms with Gasteiger partial charge in [-0.3, -0.25) is 9.78 Å². The van der Waals surface area contributed by atoms with E-state index < -0.39 is 0 Å². The van der Waals surface area contributed by atoms with Crippen molar-refractivity contribution < 1.29 is 9.53 Å². The second kappa shape index (κ2) is 9.63. The highest BCUT2D eigenvalue weighted by molar-refractivity contribution is 7.99. The van der Waals surface area contributed by atoms with Crippen molar-refractivity contribution in [3.05, 3.63) is 90.3 Å².